The van der Waals surface area contributed by atoms with Gasteiger partial charge < -0.3 is 5.11 Å². The fourth-order valence-electron chi connectivity index (χ4n) is 1.42. The van der Waals surface area contributed by atoms with E-state index in [1.807, 2.05) is 19.9 Å². The first kappa shape index (κ1) is 9.11. The maximum absolute atomic E-state index is 9.61. The molecule has 0 spiro atoms. The lowest BCUT2D eigenvalue weighted by molar-refractivity contribution is 0.466. The van der Waals surface area contributed by atoms with E-state index in [9.17, 15) is 5.11 Å². The van der Waals surface area contributed by atoms with E-state index in [2.05, 4.69) is 13.0 Å². The monoisotopic (exact) mass is 164 g/mol. The molecule has 1 heteroatoms. The van der Waals surface area contributed by atoms with Gasteiger partial charge in [-0.15, -0.1) is 0 Å². The van der Waals surface area contributed by atoms with Crippen LogP contribution in [0.5, 0.6) is 5.75 Å². The van der Waals surface area contributed by atoms with E-state index in [4.69, 9.17) is 0 Å². The van der Waals surface area contributed by atoms with Crippen molar-refractivity contribution in [2.45, 2.75) is 33.6 Å². The normalized spacial score (nSPS) is 10.2. The van der Waals surface area contributed by atoms with Gasteiger partial charge in [-0.3, -0.25) is 0 Å². The van der Waals surface area contributed by atoms with Gasteiger partial charge in [-0.25, -0.2) is 0 Å². The second kappa shape index (κ2) is 3.61. The molecule has 12 heavy (non-hydrogen) atoms. The summed E-state index contributed by atoms with van der Waals surface area (Å²) in [6.07, 6.45) is 2.18. The molecule has 66 valence electrons. The quantitative estimate of drug-likeness (QED) is 0.712. The number of phenols is 1. The highest BCUT2D eigenvalue weighted by Gasteiger charge is 2.04. The molecule has 0 radical (unpaired) electrons. The van der Waals surface area contributed by atoms with E-state index < -0.39 is 0 Å². The third-order valence-corrected chi connectivity index (χ3v) is 2.26. The summed E-state index contributed by atoms with van der Waals surface area (Å²) in [5.41, 5.74) is 3.27. The van der Waals surface area contributed by atoms with Crippen molar-refractivity contribution in [3.63, 3.8) is 0 Å². The molecule has 0 fully saturated rings. The fraction of sp³-hybridized carbons (Fsp3) is 0.455. The van der Waals surface area contributed by atoms with Gasteiger partial charge in [-0.1, -0.05) is 25.5 Å². The Bertz CT molecular complexity index is 277. The Morgan fingerprint density at radius 2 is 1.92 bits per heavy atom. The summed E-state index contributed by atoms with van der Waals surface area (Å²) in [6.45, 7) is 6.06. The lowest BCUT2D eigenvalue weighted by Gasteiger charge is -2.08. The van der Waals surface area contributed by atoms with Gasteiger partial charge in [0, 0.05) is 0 Å². The molecule has 1 N–H and O–H groups in total. The third-order valence-electron chi connectivity index (χ3n) is 2.26. The molecule has 0 aliphatic heterocycles. The van der Waals surface area contributed by atoms with Crippen LogP contribution in [0.1, 0.15) is 30.0 Å². The minimum atomic E-state index is 0.459. The molecule has 1 aromatic rings. The number of phenolic OH excluding ortho intramolecular Hbond substituents is 1. The van der Waals surface area contributed by atoms with Gasteiger partial charge in [0.05, 0.1) is 0 Å². The van der Waals surface area contributed by atoms with Crippen molar-refractivity contribution in [2.75, 3.05) is 0 Å². The maximum atomic E-state index is 9.61. The van der Waals surface area contributed by atoms with Gasteiger partial charge in [0.1, 0.15) is 5.75 Å². The number of aromatic hydroxyl groups is 1. The zero-order valence-corrected chi connectivity index (χ0v) is 8.02. The highest BCUT2D eigenvalue weighted by atomic mass is 16.3. The summed E-state index contributed by atoms with van der Waals surface area (Å²) < 4.78 is 0. The van der Waals surface area contributed by atoms with E-state index in [0.29, 0.717) is 5.75 Å². The SMILES string of the molecule is CCCc1ccc(C)c(O)c1C. The van der Waals surface area contributed by atoms with Crippen LogP contribution in [0.25, 0.3) is 0 Å². The second-order valence-electron chi connectivity index (χ2n) is 3.27. The van der Waals surface area contributed by atoms with Crippen LogP contribution in [0, 0.1) is 13.8 Å². The number of hydrogen-bond acceptors (Lipinski definition) is 1. The van der Waals surface area contributed by atoms with Crippen LogP contribution in [-0.2, 0) is 6.42 Å². The highest BCUT2D eigenvalue weighted by Crippen LogP contribution is 2.24. The van der Waals surface area contributed by atoms with Crippen molar-refractivity contribution in [3.05, 3.63) is 28.8 Å². The van der Waals surface area contributed by atoms with E-state index in [-0.39, 0.29) is 0 Å². The van der Waals surface area contributed by atoms with Crippen molar-refractivity contribution in [3.8, 4) is 5.75 Å². The Labute approximate surface area is 74.1 Å². The predicted molar refractivity (Wildman–Crippen MR) is 51.6 cm³/mol. The summed E-state index contributed by atoms with van der Waals surface area (Å²) >= 11 is 0. The van der Waals surface area contributed by atoms with Gasteiger partial charge >= 0.3 is 0 Å². The van der Waals surface area contributed by atoms with E-state index in [0.717, 1.165) is 24.0 Å². The zero-order chi connectivity index (χ0) is 9.14. The van der Waals surface area contributed by atoms with Crippen LogP contribution >= 0.6 is 0 Å². The summed E-state index contributed by atoms with van der Waals surface area (Å²) in [6, 6.07) is 4.08. The van der Waals surface area contributed by atoms with E-state index in [1.54, 1.807) is 0 Å². The number of benzene rings is 1. The average Bonchev–Trinajstić information content (AvgIpc) is 2.07. The van der Waals surface area contributed by atoms with Crippen LogP contribution < -0.4 is 0 Å². The minimum absolute atomic E-state index is 0.459. The Morgan fingerprint density at radius 1 is 1.25 bits per heavy atom. The molecule has 0 bridgehead atoms. The molecule has 0 amide bonds. The molecule has 0 unspecified atom stereocenters. The van der Waals surface area contributed by atoms with Gasteiger partial charge in [-0.2, -0.15) is 0 Å². The van der Waals surface area contributed by atoms with Crippen LogP contribution in [0.15, 0.2) is 12.1 Å². The first-order valence-corrected chi connectivity index (χ1v) is 4.44. The molecule has 0 aliphatic carbocycles. The highest BCUT2D eigenvalue weighted by molar-refractivity contribution is 5.43. The Morgan fingerprint density at radius 3 is 2.50 bits per heavy atom. The summed E-state index contributed by atoms with van der Waals surface area (Å²) in [5.74, 6) is 0.459. The standard InChI is InChI=1S/C11H16O/c1-4-5-10-7-6-8(2)11(12)9(10)3/h6-7,12H,4-5H2,1-3H3. The predicted octanol–water partition coefficient (Wildman–Crippen LogP) is 2.96. The van der Waals surface area contributed by atoms with Crippen LogP contribution in [0.2, 0.25) is 0 Å². The van der Waals surface area contributed by atoms with Crippen molar-refractivity contribution in [1.29, 1.82) is 0 Å². The largest absolute Gasteiger partial charge is 0.507 e. The third kappa shape index (κ3) is 1.60. The molecule has 0 heterocycles. The topological polar surface area (TPSA) is 20.2 Å². The molecule has 1 nitrogen and oxygen atoms in total. The number of rotatable bonds is 2. The molecule has 0 saturated heterocycles. The molecule has 1 aromatic carbocycles. The molecular weight excluding hydrogens is 148 g/mol. The first-order valence-electron chi connectivity index (χ1n) is 4.44. The molecular formula is C11H16O. The van der Waals surface area contributed by atoms with Crippen LogP contribution in [0.3, 0.4) is 0 Å². The van der Waals surface area contributed by atoms with Crippen LogP contribution in [0.4, 0.5) is 0 Å². The summed E-state index contributed by atoms with van der Waals surface area (Å²) in [7, 11) is 0. The molecule has 1 rings (SSSR count). The Balaban J connectivity index is 3.08. The first-order chi connectivity index (χ1) is 5.66. The number of aryl methyl sites for hydroxylation is 2. The number of hydrogen-bond donors (Lipinski definition) is 1. The summed E-state index contributed by atoms with van der Waals surface area (Å²) in [5, 5.41) is 9.61. The van der Waals surface area contributed by atoms with Crippen molar-refractivity contribution >= 4 is 0 Å². The zero-order valence-electron chi connectivity index (χ0n) is 8.02. The van der Waals surface area contributed by atoms with Gasteiger partial charge in [0.2, 0.25) is 0 Å². The minimum Gasteiger partial charge on any atom is -0.507 e. The lowest BCUT2D eigenvalue weighted by atomic mass is 10.0. The maximum Gasteiger partial charge on any atom is 0.121 e. The molecule has 0 aliphatic rings. The molecule has 0 aromatic heterocycles. The Hall–Kier alpha value is -0.980. The van der Waals surface area contributed by atoms with E-state index in [1.165, 1.54) is 5.56 Å². The average molecular weight is 164 g/mol. The van der Waals surface area contributed by atoms with Crippen molar-refractivity contribution in [1.82, 2.24) is 0 Å². The van der Waals surface area contributed by atoms with E-state index >= 15 is 0 Å². The molecule has 0 atom stereocenters. The second-order valence-corrected chi connectivity index (χ2v) is 3.27. The summed E-state index contributed by atoms with van der Waals surface area (Å²) in [4.78, 5) is 0. The van der Waals surface area contributed by atoms with Gasteiger partial charge in [-0.05, 0) is 37.0 Å². The smallest absolute Gasteiger partial charge is 0.121 e. The fourth-order valence-corrected chi connectivity index (χ4v) is 1.42. The van der Waals surface area contributed by atoms with Crippen molar-refractivity contribution < 1.29 is 5.11 Å². The molecule has 0 saturated carbocycles. The van der Waals surface area contributed by atoms with Crippen molar-refractivity contribution in [2.24, 2.45) is 0 Å². The van der Waals surface area contributed by atoms with Gasteiger partial charge in [0.15, 0.2) is 0 Å². The van der Waals surface area contributed by atoms with Gasteiger partial charge in [0.25, 0.3) is 0 Å². The van der Waals surface area contributed by atoms with Crippen LogP contribution in [-0.4, -0.2) is 5.11 Å². The lowest BCUT2D eigenvalue weighted by Crippen LogP contribution is -1.90. The Kier molecular flexibility index (Phi) is 2.74.